The Bertz CT molecular complexity index is 193. The fourth-order valence-electron chi connectivity index (χ4n) is 0.912. The highest BCUT2D eigenvalue weighted by Gasteiger charge is 2.20. The van der Waals surface area contributed by atoms with Crippen molar-refractivity contribution in [3.63, 3.8) is 0 Å². The van der Waals surface area contributed by atoms with Gasteiger partial charge in [-0.25, -0.2) is 0 Å². The second-order valence-corrected chi connectivity index (χ2v) is 3.01. The molecule has 4 heteroatoms. The van der Waals surface area contributed by atoms with Gasteiger partial charge in [0.15, 0.2) is 0 Å². The molecule has 0 unspecified atom stereocenters. The van der Waals surface area contributed by atoms with Crippen molar-refractivity contribution in [1.82, 2.24) is 10.6 Å². The van der Waals surface area contributed by atoms with Gasteiger partial charge in [-0.2, -0.15) is 5.26 Å². The summed E-state index contributed by atoms with van der Waals surface area (Å²) in [6.07, 6.45) is 2.57. The summed E-state index contributed by atoms with van der Waals surface area (Å²) >= 11 is 0. The minimum Gasteiger partial charge on any atom is -0.342 e. The molecule has 0 saturated heterocycles. The Morgan fingerprint density at radius 1 is 1.58 bits per heavy atom. The first-order valence-corrected chi connectivity index (χ1v) is 4.17. The van der Waals surface area contributed by atoms with Crippen molar-refractivity contribution in [1.29, 1.82) is 5.26 Å². The van der Waals surface area contributed by atoms with Gasteiger partial charge in [0.05, 0.1) is 12.6 Å². The Kier molecular flexibility index (Phi) is 3.55. The van der Waals surface area contributed by atoms with Crippen LogP contribution in [-0.2, 0) is 4.79 Å². The van der Waals surface area contributed by atoms with Gasteiger partial charge in [-0.05, 0) is 25.3 Å². The molecule has 0 spiro atoms. The molecule has 1 aliphatic carbocycles. The van der Waals surface area contributed by atoms with Crippen molar-refractivity contribution in [2.24, 2.45) is 5.92 Å². The number of hydrogen-bond acceptors (Lipinski definition) is 3. The molecule has 0 aromatic heterocycles. The maximum Gasteiger partial charge on any atom is 0.234 e. The van der Waals surface area contributed by atoms with Crippen LogP contribution in [0.3, 0.4) is 0 Å². The van der Waals surface area contributed by atoms with Crippen molar-refractivity contribution in [3.05, 3.63) is 0 Å². The van der Waals surface area contributed by atoms with E-state index in [9.17, 15) is 4.79 Å². The normalized spacial score (nSPS) is 15.2. The van der Waals surface area contributed by atoms with Gasteiger partial charge in [0.25, 0.3) is 0 Å². The van der Waals surface area contributed by atoms with Crippen LogP contribution in [0.4, 0.5) is 0 Å². The molecule has 2 N–H and O–H groups in total. The molecule has 0 aromatic carbocycles. The SMILES string of the molecule is N#CCNC(=O)CNCC1CC1. The zero-order valence-corrected chi connectivity index (χ0v) is 6.97. The van der Waals surface area contributed by atoms with Crippen LogP contribution in [0.2, 0.25) is 0 Å². The first-order chi connectivity index (χ1) is 5.83. The van der Waals surface area contributed by atoms with E-state index in [0.717, 1.165) is 12.5 Å². The van der Waals surface area contributed by atoms with Crippen LogP contribution in [0.5, 0.6) is 0 Å². The van der Waals surface area contributed by atoms with E-state index in [0.29, 0.717) is 6.54 Å². The molecule has 0 atom stereocenters. The number of carbonyl (C=O) groups is 1. The van der Waals surface area contributed by atoms with Crippen LogP contribution in [0.1, 0.15) is 12.8 Å². The summed E-state index contributed by atoms with van der Waals surface area (Å²) in [5.74, 6) is 0.686. The third kappa shape index (κ3) is 3.94. The van der Waals surface area contributed by atoms with E-state index in [1.165, 1.54) is 12.8 Å². The molecule has 0 heterocycles. The fourth-order valence-corrected chi connectivity index (χ4v) is 0.912. The summed E-state index contributed by atoms with van der Waals surface area (Å²) in [6.45, 7) is 1.36. The lowest BCUT2D eigenvalue weighted by Crippen LogP contribution is -2.34. The molecule has 0 aliphatic heterocycles. The van der Waals surface area contributed by atoms with E-state index in [2.05, 4.69) is 10.6 Å². The summed E-state index contributed by atoms with van der Waals surface area (Å²) in [5.41, 5.74) is 0. The third-order valence-electron chi connectivity index (χ3n) is 1.78. The largest absolute Gasteiger partial charge is 0.342 e. The molecule has 1 aliphatic rings. The monoisotopic (exact) mass is 167 g/mol. The topological polar surface area (TPSA) is 64.9 Å². The van der Waals surface area contributed by atoms with Gasteiger partial charge < -0.3 is 10.6 Å². The maximum atomic E-state index is 10.9. The minimum absolute atomic E-state index is 0.0998. The van der Waals surface area contributed by atoms with Gasteiger partial charge in [-0.1, -0.05) is 0 Å². The predicted molar refractivity (Wildman–Crippen MR) is 44.2 cm³/mol. The summed E-state index contributed by atoms with van der Waals surface area (Å²) in [6, 6.07) is 1.85. The number of rotatable bonds is 5. The van der Waals surface area contributed by atoms with Crippen LogP contribution < -0.4 is 10.6 Å². The molecule has 1 rings (SSSR count). The van der Waals surface area contributed by atoms with Crippen LogP contribution >= 0.6 is 0 Å². The summed E-state index contributed by atoms with van der Waals surface area (Å²) in [4.78, 5) is 10.9. The standard InChI is InChI=1S/C8H13N3O/c9-3-4-11-8(12)6-10-5-7-1-2-7/h7,10H,1-2,4-6H2,(H,11,12). The van der Waals surface area contributed by atoms with Crippen LogP contribution in [0, 0.1) is 17.2 Å². The molecule has 4 nitrogen and oxygen atoms in total. The van der Waals surface area contributed by atoms with Gasteiger partial charge >= 0.3 is 0 Å². The van der Waals surface area contributed by atoms with Crippen molar-refractivity contribution < 1.29 is 4.79 Å². The lowest BCUT2D eigenvalue weighted by Gasteiger charge is -2.01. The molecule has 66 valence electrons. The quantitative estimate of drug-likeness (QED) is 0.549. The van der Waals surface area contributed by atoms with Gasteiger partial charge in [0.2, 0.25) is 5.91 Å². The second kappa shape index (κ2) is 4.73. The summed E-state index contributed by atoms with van der Waals surface area (Å²) in [7, 11) is 0. The van der Waals surface area contributed by atoms with E-state index in [1.807, 2.05) is 6.07 Å². The Hall–Kier alpha value is -1.08. The van der Waals surface area contributed by atoms with Crippen LogP contribution in [0.15, 0.2) is 0 Å². The van der Waals surface area contributed by atoms with Crippen molar-refractivity contribution in [2.45, 2.75) is 12.8 Å². The lowest BCUT2D eigenvalue weighted by molar-refractivity contribution is -0.120. The Morgan fingerprint density at radius 3 is 2.92 bits per heavy atom. The average Bonchev–Trinajstić information content (AvgIpc) is 2.84. The number of nitriles is 1. The number of carbonyl (C=O) groups excluding carboxylic acids is 1. The van der Waals surface area contributed by atoms with Crippen molar-refractivity contribution in [3.8, 4) is 6.07 Å². The molecule has 1 amide bonds. The highest BCUT2D eigenvalue weighted by Crippen LogP contribution is 2.27. The van der Waals surface area contributed by atoms with Crippen molar-refractivity contribution in [2.75, 3.05) is 19.6 Å². The number of amides is 1. The molecule has 1 fully saturated rings. The number of nitrogens with zero attached hydrogens (tertiary/aromatic N) is 1. The smallest absolute Gasteiger partial charge is 0.234 e. The first-order valence-electron chi connectivity index (χ1n) is 4.17. The summed E-state index contributed by atoms with van der Waals surface area (Å²) in [5, 5.41) is 13.7. The van der Waals surface area contributed by atoms with E-state index < -0.39 is 0 Å². The third-order valence-corrected chi connectivity index (χ3v) is 1.78. The molecule has 12 heavy (non-hydrogen) atoms. The van der Waals surface area contributed by atoms with Crippen molar-refractivity contribution >= 4 is 5.91 Å². The summed E-state index contributed by atoms with van der Waals surface area (Å²) < 4.78 is 0. The Morgan fingerprint density at radius 2 is 2.33 bits per heavy atom. The number of nitrogens with one attached hydrogen (secondary N) is 2. The second-order valence-electron chi connectivity index (χ2n) is 3.01. The zero-order valence-electron chi connectivity index (χ0n) is 6.97. The molecular formula is C8H13N3O. The minimum atomic E-state index is -0.0998. The van der Waals surface area contributed by atoms with E-state index in [4.69, 9.17) is 5.26 Å². The fraction of sp³-hybridized carbons (Fsp3) is 0.750. The average molecular weight is 167 g/mol. The Labute approximate surface area is 71.9 Å². The van der Waals surface area contributed by atoms with Gasteiger partial charge in [0, 0.05) is 0 Å². The maximum absolute atomic E-state index is 10.9. The number of hydrogen-bond donors (Lipinski definition) is 2. The first kappa shape index (κ1) is 9.01. The van der Waals surface area contributed by atoms with E-state index in [-0.39, 0.29) is 12.5 Å². The predicted octanol–water partition coefficient (Wildman–Crippen LogP) is -0.374. The van der Waals surface area contributed by atoms with Gasteiger partial charge in [-0.3, -0.25) is 4.79 Å². The van der Waals surface area contributed by atoms with Crippen LogP contribution in [-0.4, -0.2) is 25.5 Å². The highest BCUT2D eigenvalue weighted by atomic mass is 16.1. The molecule has 0 aromatic rings. The van der Waals surface area contributed by atoms with Gasteiger partial charge in [0.1, 0.15) is 6.54 Å². The van der Waals surface area contributed by atoms with Crippen LogP contribution in [0.25, 0.3) is 0 Å². The highest BCUT2D eigenvalue weighted by molar-refractivity contribution is 5.78. The van der Waals surface area contributed by atoms with E-state index in [1.54, 1.807) is 0 Å². The van der Waals surface area contributed by atoms with Gasteiger partial charge in [-0.15, -0.1) is 0 Å². The Balaban J connectivity index is 1.90. The molecule has 1 saturated carbocycles. The van der Waals surface area contributed by atoms with E-state index >= 15 is 0 Å². The zero-order chi connectivity index (χ0) is 8.81. The lowest BCUT2D eigenvalue weighted by atomic mass is 10.4. The molecule has 0 bridgehead atoms. The molecule has 0 radical (unpaired) electrons. The molecular weight excluding hydrogens is 154 g/mol.